The lowest BCUT2D eigenvalue weighted by Gasteiger charge is -2.28. The van der Waals surface area contributed by atoms with Gasteiger partial charge in [-0.2, -0.15) is 0 Å². The second-order valence-electron chi connectivity index (χ2n) is 6.64. The van der Waals surface area contributed by atoms with Crippen LogP contribution in [0, 0.1) is 0 Å². The molecule has 0 saturated carbocycles. The number of halogens is 4. The zero-order chi connectivity index (χ0) is 20.6. The first-order chi connectivity index (χ1) is 13.3. The molecule has 28 heavy (non-hydrogen) atoms. The summed E-state index contributed by atoms with van der Waals surface area (Å²) in [5, 5.41) is 21.4. The molecule has 2 aromatic carbocycles. The quantitative estimate of drug-likeness (QED) is 0.160. The minimum Gasteiger partial charge on any atom is -0.504 e. The first-order valence-electron chi connectivity index (χ1n) is 9.14. The molecule has 1 aliphatic heterocycles. The summed E-state index contributed by atoms with van der Waals surface area (Å²) in [6.45, 7) is 4.15. The maximum Gasteiger partial charge on any atom is 0.186 e. The van der Waals surface area contributed by atoms with E-state index >= 15 is 0 Å². The van der Waals surface area contributed by atoms with Crippen LogP contribution >= 0.6 is 63.7 Å². The van der Waals surface area contributed by atoms with E-state index < -0.39 is 0 Å². The second kappa shape index (κ2) is 9.14. The Hall–Kier alpha value is -0.440. The highest BCUT2D eigenvalue weighted by Gasteiger charge is 2.34. The molecule has 0 bridgehead atoms. The Morgan fingerprint density at radius 1 is 0.607 bits per heavy atom. The van der Waals surface area contributed by atoms with Crippen molar-refractivity contribution in [3.63, 3.8) is 0 Å². The Morgan fingerprint density at radius 2 is 0.964 bits per heavy atom. The summed E-state index contributed by atoms with van der Waals surface area (Å²) in [7, 11) is 0. The third kappa shape index (κ3) is 3.82. The fourth-order valence-corrected chi connectivity index (χ4v) is 5.35. The molecule has 1 heterocycles. The summed E-state index contributed by atoms with van der Waals surface area (Å²) < 4.78 is 15.5. The Kier molecular flexibility index (Phi) is 7.27. The van der Waals surface area contributed by atoms with E-state index in [0.717, 1.165) is 34.6 Å². The number of hydrogen-bond donors (Lipinski definition) is 2. The largest absolute Gasteiger partial charge is 0.504 e. The Morgan fingerprint density at radius 3 is 1.29 bits per heavy atom. The number of rotatable bonds is 6. The maximum absolute atomic E-state index is 10.7. The normalized spacial score (nSPS) is 12.2. The van der Waals surface area contributed by atoms with Gasteiger partial charge in [-0.3, -0.25) is 0 Å². The van der Waals surface area contributed by atoms with Crippen molar-refractivity contribution < 1.29 is 19.7 Å². The fraction of sp³-hybridized carbons (Fsp3) is 0.400. The van der Waals surface area contributed by atoms with Crippen LogP contribution in [-0.4, -0.2) is 10.2 Å². The van der Waals surface area contributed by atoms with Crippen LogP contribution in [0.25, 0.3) is 0 Å². The Bertz CT molecular complexity index is 854. The van der Waals surface area contributed by atoms with Crippen LogP contribution in [0.1, 0.15) is 50.7 Å². The summed E-state index contributed by atoms with van der Waals surface area (Å²) in [5.41, 5.74) is 1.14. The van der Waals surface area contributed by atoms with Gasteiger partial charge in [0.05, 0.1) is 17.9 Å². The number of benzene rings is 2. The zero-order valence-electron chi connectivity index (χ0n) is 15.5. The van der Waals surface area contributed by atoms with Gasteiger partial charge >= 0.3 is 0 Å². The van der Waals surface area contributed by atoms with E-state index in [9.17, 15) is 10.2 Å². The van der Waals surface area contributed by atoms with Gasteiger partial charge in [-0.05, 0) is 89.4 Å². The van der Waals surface area contributed by atoms with Gasteiger partial charge in [0.25, 0.3) is 0 Å². The van der Waals surface area contributed by atoms with Crippen molar-refractivity contribution in [3.8, 4) is 34.5 Å². The first-order valence-corrected chi connectivity index (χ1v) is 12.3. The molecule has 0 saturated heterocycles. The van der Waals surface area contributed by atoms with Crippen molar-refractivity contribution >= 4 is 63.7 Å². The van der Waals surface area contributed by atoms with Gasteiger partial charge < -0.3 is 19.7 Å². The van der Waals surface area contributed by atoms with Gasteiger partial charge in [0.15, 0.2) is 34.5 Å². The Balaban J connectivity index is 2.25. The van der Waals surface area contributed by atoms with Crippen molar-refractivity contribution in [2.45, 2.75) is 52.4 Å². The highest BCUT2D eigenvalue weighted by atomic mass is 79.9. The molecule has 0 aromatic heterocycles. The van der Waals surface area contributed by atoms with Crippen molar-refractivity contribution in [1.29, 1.82) is 0 Å². The number of phenolic OH excluding ortho intramolecular Hbond substituents is 2. The van der Waals surface area contributed by atoms with Gasteiger partial charge in [-0.15, -0.1) is 0 Å². The van der Waals surface area contributed by atoms with Gasteiger partial charge in [-0.25, -0.2) is 0 Å². The van der Waals surface area contributed by atoms with Crippen molar-refractivity contribution in [2.75, 3.05) is 0 Å². The molecule has 2 N–H and O–H groups in total. The van der Waals surface area contributed by atoms with Gasteiger partial charge in [0.2, 0.25) is 0 Å². The van der Waals surface area contributed by atoms with Crippen LogP contribution in [0.15, 0.2) is 17.9 Å². The van der Waals surface area contributed by atoms with E-state index in [1.807, 2.05) is 0 Å². The maximum atomic E-state index is 10.7. The Labute approximate surface area is 198 Å². The summed E-state index contributed by atoms with van der Waals surface area (Å²) in [4.78, 5) is 0. The molecule has 0 atom stereocenters. The molecule has 152 valence electrons. The molecule has 0 spiro atoms. The fourth-order valence-electron chi connectivity index (χ4n) is 3.14. The lowest BCUT2D eigenvalue weighted by Crippen LogP contribution is -2.08. The standard InChI is InChI=1S/C20H20Br4O4/c1-3-5-7-9-15(25)16(26)10(8-6-4-2)18-17(9)27-19-13(23)11(21)12(22)14(24)20(19)28-18/h25-26H,3-8H2,1-2H3. The van der Waals surface area contributed by atoms with Crippen molar-refractivity contribution in [1.82, 2.24) is 0 Å². The van der Waals surface area contributed by atoms with E-state index in [1.54, 1.807) is 0 Å². The molecule has 1 aliphatic rings. The highest BCUT2D eigenvalue weighted by Crippen LogP contribution is 2.60. The third-order valence-corrected chi connectivity index (χ3v) is 9.40. The van der Waals surface area contributed by atoms with Gasteiger partial charge in [-0.1, -0.05) is 26.7 Å². The summed E-state index contributed by atoms with van der Waals surface area (Å²) in [5.74, 6) is 1.75. The second-order valence-corrected chi connectivity index (χ2v) is 9.81. The monoisotopic (exact) mass is 640 g/mol. The summed E-state index contributed by atoms with van der Waals surface area (Å²) >= 11 is 14.2. The summed E-state index contributed by atoms with van der Waals surface area (Å²) in [6, 6.07) is 0. The molecule has 2 aromatic rings. The van der Waals surface area contributed by atoms with Crippen molar-refractivity contribution in [3.05, 3.63) is 29.0 Å². The molecule has 8 heteroatoms. The number of hydrogen-bond acceptors (Lipinski definition) is 4. The lowest BCUT2D eigenvalue weighted by molar-refractivity contribution is 0.331. The van der Waals surface area contributed by atoms with Crippen molar-refractivity contribution in [2.24, 2.45) is 0 Å². The molecular formula is C20H20Br4O4. The smallest absolute Gasteiger partial charge is 0.186 e. The molecule has 0 aliphatic carbocycles. The minimum atomic E-state index is -0.114. The molecule has 0 fully saturated rings. The van der Waals surface area contributed by atoms with Gasteiger partial charge in [0.1, 0.15) is 0 Å². The number of aromatic hydroxyl groups is 2. The van der Waals surface area contributed by atoms with E-state index in [-0.39, 0.29) is 11.5 Å². The number of fused-ring (bicyclic) bond motifs is 2. The molecule has 0 unspecified atom stereocenters. The van der Waals surface area contributed by atoms with E-state index in [0.29, 0.717) is 55.9 Å². The van der Waals surface area contributed by atoms with E-state index in [2.05, 4.69) is 77.6 Å². The molecule has 3 rings (SSSR count). The number of ether oxygens (including phenoxy) is 2. The first kappa shape index (κ1) is 22.2. The topological polar surface area (TPSA) is 58.9 Å². The lowest BCUT2D eigenvalue weighted by atomic mass is 9.97. The van der Waals surface area contributed by atoms with Crippen LogP contribution < -0.4 is 9.47 Å². The van der Waals surface area contributed by atoms with Crippen LogP contribution in [-0.2, 0) is 12.8 Å². The minimum absolute atomic E-state index is 0.114. The molecule has 4 nitrogen and oxygen atoms in total. The van der Waals surface area contributed by atoms with Crippen LogP contribution in [0.3, 0.4) is 0 Å². The number of unbranched alkanes of at least 4 members (excludes halogenated alkanes) is 2. The van der Waals surface area contributed by atoms with Crippen LogP contribution in [0.2, 0.25) is 0 Å². The zero-order valence-corrected chi connectivity index (χ0v) is 21.8. The van der Waals surface area contributed by atoms with E-state index in [4.69, 9.17) is 9.47 Å². The molecule has 0 amide bonds. The third-order valence-electron chi connectivity index (χ3n) is 4.70. The molecular weight excluding hydrogens is 624 g/mol. The molecule has 0 radical (unpaired) electrons. The average molecular weight is 644 g/mol. The highest BCUT2D eigenvalue weighted by molar-refractivity contribution is 9.15. The predicted molar refractivity (Wildman–Crippen MR) is 124 cm³/mol. The average Bonchev–Trinajstić information content (AvgIpc) is 2.70. The van der Waals surface area contributed by atoms with Crippen LogP contribution in [0.4, 0.5) is 0 Å². The summed E-state index contributed by atoms with van der Waals surface area (Å²) in [6.07, 6.45) is 4.80. The SMILES string of the molecule is CCCCc1c(O)c(O)c(CCCC)c2c1Oc1c(Br)c(Br)c(Br)c(Br)c1O2. The van der Waals surface area contributed by atoms with Gasteiger partial charge in [0, 0.05) is 11.1 Å². The van der Waals surface area contributed by atoms with E-state index in [1.165, 1.54) is 0 Å². The number of phenols is 2. The predicted octanol–water partition coefficient (Wildman–Crippen LogP) is 8.73. The van der Waals surface area contributed by atoms with Crippen LogP contribution in [0.5, 0.6) is 34.5 Å².